The van der Waals surface area contributed by atoms with Crippen LogP contribution in [0.15, 0.2) is 82.8 Å². The van der Waals surface area contributed by atoms with Gasteiger partial charge in [0, 0.05) is 28.3 Å². The number of carbonyl (C=O) groups excluding carboxylic acids is 1. The van der Waals surface area contributed by atoms with Gasteiger partial charge >= 0.3 is 10.1 Å². The molecule has 0 heterocycles. The number of carbonyl (C=O) groups is 1. The van der Waals surface area contributed by atoms with E-state index in [1.54, 1.807) is 30.3 Å². The van der Waals surface area contributed by atoms with Gasteiger partial charge in [-0.25, -0.2) is 5.43 Å². The van der Waals surface area contributed by atoms with Crippen LogP contribution in [0.25, 0.3) is 0 Å². The number of hydrogen-bond acceptors (Lipinski definition) is 7. The maximum atomic E-state index is 12.5. The highest BCUT2D eigenvalue weighted by atomic mass is 35.5. The fraction of sp³-hybridized carbons (Fsp3) is 0. The van der Waals surface area contributed by atoms with E-state index in [4.69, 9.17) is 15.8 Å². The molecule has 3 aromatic carbocycles. The molecule has 0 aliphatic carbocycles. The first-order valence-corrected chi connectivity index (χ1v) is 10.4. The Kier molecular flexibility index (Phi) is 6.63. The molecule has 0 spiro atoms. The van der Waals surface area contributed by atoms with E-state index >= 15 is 0 Å². The number of hydrazone groups is 1. The monoisotopic (exact) mass is 459 g/mol. The Balaban J connectivity index is 1.75. The Bertz CT molecular complexity index is 1240. The fourth-order valence-electron chi connectivity index (χ4n) is 2.39. The molecule has 0 saturated heterocycles. The summed E-state index contributed by atoms with van der Waals surface area (Å²) in [6.45, 7) is 0. The summed E-state index contributed by atoms with van der Waals surface area (Å²) in [6.07, 6.45) is 1.23. The van der Waals surface area contributed by atoms with Crippen LogP contribution in [0, 0.1) is 10.1 Å². The van der Waals surface area contributed by atoms with E-state index in [0.717, 1.165) is 24.3 Å². The maximum absolute atomic E-state index is 12.5. The first-order chi connectivity index (χ1) is 14.8. The predicted octanol–water partition coefficient (Wildman–Crippen LogP) is 3.78. The molecule has 0 aromatic heterocycles. The molecule has 31 heavy (non-hydrogen) atoms. The van der Waals surface area contributed by atoms with Crippen LogP contribution in [0.5, 0.6) is 5.75 Å². The van der Waals surface area contributed by atoms with Crippen molar-refractivity contribution in [2.45, 2.75) is 4.90 Å². The molecule has 0 fully saturated rings. The van der Waals surface area contributed by atoms with Gasteiger partial charge in [-0.1, -0.05) is 23.7 Å². The van der Waals surface area contributed by atoms with Crippen molar-refractivity contribution in [2.24, 2.45) is 5.10 Å². The predicted molar refractivity (Wildman–Crippen MR) is 114 cm³/mol. The number of halogens is 1. The van der Waals surface area contributed by atoms with Crippen LogP contribution in [0.4, 0.5) is 5.69 Å². The summed E-state index contributed by atoms with van der Waals surface area (Å²) in [6, 6.07) is 16.6. The highest BCUT2D eigenvalue weighted by molar-refractivity contribution is 7.87. The van der Waals surface area contributed by atoms with Gasteiger partial charge < -0.3 is 4.18 Å². The Morgan fingerprint density at radius 3 is 2.32 bits per heavy atom. The average molecular weight is 460 g/mol. The summed E-state index contributed by atoms with van der Waals surface area (Å²) in [7, 11) is -4.25. The normalized spacial score (nSPS) is 11.3. The van der Waals surface area contributed by atoms with E-state index in [1.165, 1.54) is 24.4 Å². The molecular formula is C20H14ClN3O6S. The highest BCUT2D eigenvalue weighted by Gasteiger charge is 2.19. The molecule has 3 aromatic rings. The lowest BCUT2D eigenvalue weighted by Crippen LogP contribution is -2.17. The zero-order valence-electron chi connectivity index (χ0n) is 15.6. The fourth-order valence-corrected chi connectivity index (χ4v) is 3.47. The van der Waals surface area contributed by atoms with Crippen LogP contribution in [0.2, 0.25) is 5.02 Å². The second kappa shape index (κ2) is 9.37. The smallest absolute Gasteiger partial charge is 0.339 e. The van der Waals surface area contributed by atoms with Crippen molar-refractivity contribution in [3.05, 3.63) is 99.1 Å². The Hall–Kier alpha value is -3.76. The van der Waals surface area contributed by atoms with Crippen molar-refractivity contribution in [2.75, 3.05) is 0 Å². The lowest BCUT2D eigenvalue weighted by molar-refractivity contribution is -0.384. The summed E-state index contributed by atoms with van der Waals surface area (Å²) >= 11 is 5.78. The van der Waals surface area contributed by atoms with Crippen LogP contribution in [-0.4, -0.2) is 25.5 Å². The van der Waals surface area contributed by atoms with E-state index in [1.807, 2.05) is 0 Å². The van der Waals surface area contributed by atoms with Gasteiger partial charge in [-0.15, -0.1) is 0 Å². The van der Waals surface area contributed by atoms with E-state index < -0.39 is 20.9 Å². The number of amides is 1. The molecule has 0 unspecified atom stereocenters. The molecule has 0 aliphatic rings. The first kappa shape index (κ1) is 21.9. The Morgan fingerprint density at radius 2 is 1.68 bits per heavy atom. The summed E-state index contributed by atoms with van der Waals surface area (Å²) in [4.78, 5) is 21.9. The number of nitro groups is 1. The third kappa shape index (κ3) is 5.65. The molecule has 158 valence electrons. The average Bonchev–Trinajstić information content (AvgIpc) is 2.75. The number of hydrogen-bond donors (Lipinski definition) is 1. The molecule has 3 rings (SSSR count). The van der Waals surface area contributed by atoms with Gasteiger partial charge in [0.2, 0.25) is 0 Å². The number of para-hydroxylation sites is 1. The van der Waals surface area contributed by atoms with E-state index in [0.29, 0.717) is 10.6 Å². The van der Waals surface area contributed by atoms with Gasteiger partial charge in [0.05, 0.1) is 11.1 Å². The molecule has 11 heteroatoms. The largest absolute Gasteiger partial charge is 0.378 e. The van der Waals surface area contributed by atoms with Crippen LogP contribution in [0.1, 0.15) is 15.9 Å². The second-order valence-corrected chi connectivity index (χ2v) is 8.02. The van der Waals surface area contributed by atoms with Crippen molar-refractivity contribution in [1.82, 2.24) is 5.43 Å². The van der Waals surface area contributed by atoms with Crippen molar-refractivity contribution < 1.29 is 22.3 Å². The minimum atomic E-state index is -4.25. The van der Waals surface area contributed by atoms with Crippen LogP contribution >= 0.6 is 11.6 Å². The number of non-ortho nitro benzene ring substituents is 1. The van der Waals surface area contributed by atoms with E-state index in [-0.39, 0.29) is 21.9 Å². The van der Waals surface area contributed by atoms with Gasteiger partial charge in [-0.3, -0.25) is 14.9 Å². The molecule has 0 radical (unpaired) electrons. The maximum Gasteiger partial charge on any atom is 0.339 e. The second-order valence-electron chi connectivity index (χ2n) is 6.03. The van der Waals surface area contributed by atoms with Gasteiger partial charge in [-0.2, -0.15) is 13.5 Å². The van der Waals surface area contributed by atoms with Crippen LogP contribution in [-0.2, 0) is 10.1 Å². The molecule has 1 amide bonds. The molecule has 0 bridgehead atoms. The third-order valence-electron chi connectivity index (χ3n) is 3.93. The zero-order chi connectivity index (χ0) is 22.4. The number of nitrogens with one attached hydrogen (secondary N) is 1. The van der Waals surface area contributed by atoms with E-state index in [9.17, 15) is 23.3 Å². The van der Waals surface area contributed by atoms with Crippen molar-refractivity contribution in [3.8, 4) is 5.75 Å². The summed E-state index contributed by atoms with van der Waals surface area (Å²) in [5, 5.41) is 15.0. The van der Waals surface area contributed by atoms with Crippen LogP contribution < -0.4 is 9.61 Å². The summed E-state index contributed by atoms with van der Waals surface area (Å²) in [5.41, 5.74) is 2.70. The van der Waals surface area contributed by atoms with E-state index in [2.05, 4.69) is 10.5 Å². The topological polar surface area (TPSA) is 128 Å². The van der Waals surface area contributed by atoms with Crippen molar-refractivity contribution >= 4 is 39.5 Å². The minimum absolute atomic E-state index is 0.0367. The van der Waals surface area contributed by atoms with Crippen molar-refractivity contribution in [1.29, 1.82) is 0 Å². The quantitative estimate of drug-likeness (QED) is 0.248. The van der Waals surface area contributed by atoms with Gasteiger partial charge in [0.1, 0.15) is 4.90 Å². The first-order valence-electron chi connectivity index (χ1n) is 8.63. The number of rotatable bonds is 7. The van der Waals surface area contributed by atoms with Crippen LogP contribution in [0.3, 0.4) is 0 Å². The van der Waals surface area contributed by atoms with Crippen molar-refractivity contribution in [3.63, 3.8) is 0 Å². The van der Waals surface area contributed by atoms with Gasteiger partial charge in [0.25, 0.3) is 11.6 Å². The summed E-state index contributed by atoms with van der Waals surface area (Å²) in [5.74, 6) is -0.518. The summed E-state index contributed by atoms with van der Waals surface area (Å²) < 4.78 is 30.2. The van der Waals surface area contributed by atoms with Gasteiger partial charge in [-0.05, 0) is 48.5 Å². The molecule has 1 N–H and O–H groups in total. The zero-order valence-corrected chi connectivity index (χ0v) is 17.2. The molecule has 0 atom stereocenters. The highest BCUT2D eigenvalue weighted by Crippen LogP contribution is 2.23. The lowest BCUT2D eigenvalue weighted by Gasteiger charge is -2.09. The standard InChI is InChI=1S/C20H14ClN3O6S/c21-16-7-5-14(6-8-16)20(25)23-22-13-15-3-1-2-4-19(15)30-31(28,29)18-11-9-17(10-12-18)24(26)27/h1-13H,(H,23,25). The lowest BCUT2D eigenvalue weighted by atomic mass is 10.2. The SMILES string of the molecule is O=C(NN=Cc1ccccc1OS(=O)(=O)c1ccc([N+](=O)[O-])cc1)c1ccc(Cl)cc1. The molecule has 0 aliphatic heterocycles. The third-order valence-corrected chi connectivity index (χ3v) is 5.43. The molecule has 0 saturated carbocycles. The van der Waals surface area contributed by atoms with Gasteiger partial charge in [0.15, 0.2) is 5.75 Å². The minimum Gasteiger partial charge on any atom is -0.378 e. The molecular weight excluding hydrogens is 446 g/mol. The Labute approximate surface area is 182 Å². The number of benzene rings is 3. The Morgan fingerprint density at radius 1 is 1.03 bits per heavy atom. The number of nitrogens with zero attached hydrogens (tertiary/aromatic N) is 2. The molecule has 9 nitrogen and oxygen atoms in total. The number of nitro benzene ring substituents is 1.